The summed E-state index contributed by atoms with van der Waals surface area (Å²) in [7, 11) is 0. The van der Waals surface area contributed by atoms with Gasteiger partial charge in [0.1, 0.15) is 0 Å². The molecule has 0 aliphatic heterocycles. The van der Waals surface area contributed by atoms with E-state index in [0.29, 0.717) is 0 Å². The lowest BCUT2D eigenvalue weighted by molar-refractivity contribution is -0.141. The highest BCUT2D eigenvalue weighted by Gasteiger charge is 2.00. The largest absolute Gasteiger partial charge is 0.460 e. The van der Waals surface area contributed by atoms with Crippen LogP contribution in [0.5, 0.6) is 0 Å². The average molecular weight is 210 g/mol. The molecule has 0 aliphatic rings. The van der Waals surface area contributed by atoms with Crippen molar-refractivity contribution in [3.8, 4) is 0 Å². The van der Waals surface area contributed by atoms with Crippen LogP contribution < -0.4 is 0 Å². The van der Waals surface area contributed by atoms with Crippen LogP contribution in [0, 0.1) is 6.92 Å². The molecule has 0 amide bonds. The lowest BCUT2D eigenvalue weighted by atomic mass is 10.3. The number of esters is 1. The highest BCUT2D eigenvalue weighted by atomic mass is 32.1. The van der Waals surface area contributed by atoms with E-state index in [4.69, 9.17) is 4.74 Å². The van der Waals surface area contributed by atoms with Gasteiger partial charge in [0.05, 0.1) is 6.10 Å². The standard InChI is InChI=1S/C11H14O2S/c1-8(2)13-11(12)5-4-10-9(3)6-7-14-10/h4-8H,1-3H3. The minimum absolute atomic E-state index is 0.0587. The summed E-state index contributed by atoms with van der Waals surface area (Å²) in [6.07, 6.45) is 3.21. The molecule has 1 aromatic heterocycles. The van der Waals surface area contributed by atoms with E-state index in [9.17, 15) is 4.79 Å². The Morgan fingerprint density at radius 2 is 2.29 bits per heavy atom. The summed E-state index contributed by atoms with van der Waals surface area (Å²) in [5, 5.41) is 2.00. The van der Waals surface area contributed by atoms with Crippen molar-refractivity contribution in [3.05, 3.63) is 28.0 Å². The van der Waals surface area contributed by atoms with Crippen LogP contribution in [0.3, 0.4) is 0 Å². The quantitative estimate of drug-likeness (QED) is 0.566. The van der Waals surface area contributed by atoms with Gasteiger partial charge in [0.25, 0.3) is 0 Å². The van der Waals surface area contributed by atoms with Gasteiger partial charge in [-0.1, -0.05) is 0 Å². The molecule has 0 N–H and O–H groups in total. The van der Waals surface area contributed by atoms with Gasteiger partial charge in [0.15, 0.2) is 0 Å². The molecule has 0 radical (unpaired) electrons. The van der Waals surface area contributed by atoms with E-state index < -0.39 is 0 Å². The highest BCUT2D eigenvalue weighted by Crippen LogP contribution is 2.16. The third-order valence-corrected chi connectivity index (χ3v) is 2.61. The van der Waals surface area contributed by atoms with Crippen LogP contribution in [0.4, 0.5) is 0 Å². The number of aryl methyl sites for hydroxylation is 1. The van der Waals surface area contributed by atoms with Crippen molar-refractivity contribution in [1.82, 2.24) is 0 Å². The maximum absolute atomic E-state index is 11.2. The van der Waals surface area contributed by atoms with Crippen LogP contribution in [-0.4, -0.2) is 12.1 Å². The molecule has 0 aromatic carbocycles. The Kier molecular flexibility index (Phi) is 3.89. The first-order valence-electron chi connectivity index (χ1n) is 4.52. The van der Waals surface area contributed by atoms with Crippen LogP contribution >= 0.6 is 11.3 Å². The zero-order chi connectivity index (χ0) is 10.6. The number of hydrogen-bond donors (Lipinski definition) is 0. The van der Waals surface area contributed by atoms with Crippen molar-refractivity contribution in [2.75, 3.05) is 0 Å². The fourth-order valence-electron chi connectivity index (χ4n) is 0.971. The van der Waals surface area contributed by atoms with E-state index in [0.717, 1.165) is 4.88 Å². The van der Waals surface area contributed by atoms with Crippen LogP contribution in [-0.2, 0) is 9.53 Å². The van der Waals surface area contributed by atoms with Gasteiger partial charge in [-0.15, -0.1) is 11.3 Å². The smallest absolute Gasteiger partial charge is 0.331 e. The number of rotatable bonds is 3. The van der Waals surface area contributed by atoms with E-state index in [2.05, 4.69) is 0 Å². The lowest BCUT2D eigenvalue weighted by Crippen LogP contribution is -2.08. The molecule has 2 nitrogen and oxygen atoms in total. The normalized spacial score (nSPS) is 11.1. The second-order valence-corrected chi connectivity index (χ2v) is 4.23. The van der Waals surface area contributed by atoms with Gasteiger partial charge in [-0.3, -0.25) is 0 Å². The molecule has 1 heterocycles. The SMILES string of the molecule is Cc1ccsc1C=CC(=O)OC(C)C. The molecule has 0 spiro atoms. The first-order valence-corrected chi connectivity index (χ1v) is 5.40. The number of hydrogen-bond acceptors (Lipinski definition) is 3. The van der Waals surface area contributed by atoms with Crippen molar-refractivity contribution < 1.29 is 9.53 Å². The summed E-state index contributed by atoms with van der Waals surface area (Å²) in [5.74, 6) is -0.284. The second-order valence-electron chi connectivity index (χ2n) is 3.29. The summed E-state index contributed by atoms with van der Waals surface area (Å²) in [6, 6.07) is 2.03. The summed E-state index contributed by atoms with van der Waals surface area (Å²) in [6.45, 7) is 5.69. The van der Waals surface area contributed by atoms with E-state index in [-0.39, 0.29) is 12.1 Å². The van der Waals surface area contributed by atoms with Crippen molar-refractivity contribution in [1.29, 1.82) is 0 Å². The molecule has 0 aliphatic carbocycles. The van der Waals surface area contributed by atoms with Crippen molar-refractivity contribution in [2.45, 2.75) is 26.9 Å². The maximum Gasteiger partial charge on any atom is 0.331 e. The van der Waals surface area contributed by atoms with Crippen LogP contribution in [0.2, 0.25) is 0 Å². The molecule has 0 unspecified atom stereocenters. The Morgan fingerprint density at radius 1 is 1.57 bits per heavy atom. The molecule has 1 aromatic rings. The topological polar surface area (TPSA) is 26.3 Å². The summed E-state index contributed by atoms with van der Waals surface area (Å²) >= 11 is 1.62. The minimum Gasteiger partial charge on any atom is -0.460 e. The zero-order valence-corrected chi connectivity index (χ0v) is 9.43. The molecular formula is C11H14O2S. The molecule has 0 saturated carbocycles. The molecule has 0 bridgehead atoms. The van der Waals surface area contributed by atoms with E-state index in [1.807, 2.05) is 32.2 Å². The number of carbonyl (C=O) groups excluding carboxylic acids is 1. The second kappa shape index (κ2) is 4.96. The first-order chi connectivity index (χ1) is 6.59. The Hall–Kier alpha value is -1.09. The predicted octanol–water partition coefficient (Wildman–Crippen LogP) is 3.02. The van der Waals surface area contributed by atoms with Gasteiger partial charge in [-0.25, -0.2) is 4.79 Å². The molecular weight excluding hydrogens is 196 g/mol. The number of ether oxygens (including phenoxy) is 1. The molecule has 0 saturated heterocycles. The minimum atomic E-state index is -0.284. The van der Waals surface area contributed by atoms with Crippen molar-refractivity contribution in [2.24, 2.45) is 0 Å². The molecule has 14 heavy (non-hydrogen) atoms. The molecule has 0 atom stereocenters. The van der Waals surface area contributed by atoms with Gasteiger partial charge in [-0.05, 0) is 43.9 Å². The highest BCUT2D eigenvalue weighted by molar-refractivity contribution is 7.11. The number of thiophene rings is 1. The summed E-state index contributed by atoms with van der Waals surface area (Å²) in [5.41, 5.74) is 1.18. The fraction of sp³-hybridized carbons (Fsp3) is 0.364. The van der Waals surface area contributed by atoms with Gasteiger partial charge < -0.3 is 4.74 Å². The van der Waals surface area contributed by atoms with Gasteiger partial charge in [0, 0.05) is 11.0 Å². The Labute approximate surface area is 88.2 Å². The van der Waals surface area contributed by atoms with Gasteiger partial charge in [-0.2, -0.15) is 0 Å². The van der Waals surface area contributed by atoms with Crippen molar-refractivity contribution in [3.63, 3.8) is 0 Å². The van der Waals surface area contributed by atoms with E-state index in [1.54, 1.807) is 17.4 Å². The van der Waals surface area contributed by atoms with E-state index in [1.165, 1.54) is 11.6 Å². The van der Waals surface area contributed by atoms with Crippen LogP contribution in [0.25, 0.3) is 6.08 Å². The Bertz CT molecular complexity index is 337. The Morgan fingerprint density at radius 3 is 2.79 bits per heavy atom. The average Bonchev–Trinajstić information content (AvgIpc) is 2.46. The van der Waals surface area contributed by atoms with Gasteiger partial charge in [0.2, 0.25) is 0 Å². The van der Waals surface area contributed by atoms with Crippen molar-refractivity contribution >= 4 is 23.4 Å². The predicted molar refractivity (Wildman–Crippen MR) is 59.3 cm³/mol. The molecule has 0 fully saturated rings. The Balaban J connectivity index is 2.56. The fourth-order valence-corrected chi connectivity index (χ4v) is 1.79. The maximum atomic E-state index is 11.2. The molecule has 1 rings (SSSR count). The summed E-state index contributed by atoms with van der Waals surface area (Å²) in [4.78, 5) is 12.3. The molecule has 76 valence electrons. The lowest BCUT2D eigenvalue weighted by Gasteiger charge is -2.03. The third-order valence-electron chi connectivity index (χ3n) is 1.62. The van der Waals surface area contributed by atoms with Gasteiger partial charge >= 0.3 is 5.97 Å². The summed E-state index contributed by atoms with van der Waals surface area (Å²) < 4.78 is 4.97. The number of carbonyl (C=O) groups is 1. The monoisotopic (exact) mass is 210 g/mol. The molecule has 3 heteroatoms. The van der Waals surface area contributed by atoms with E-state index >= 15 is 0 Å². The third kappa shape index (κ3) is 3.34. The zero-order valence-electron chi connectivity index (χ0n) is 8.61. The first kappa shape index (κ1) is 11.0. The van der Waals surface area contributed by atoms with Crippen LogP contribution in [0.1, 0.15) is 24.3 Å². The van der Waals surface area contributed by atoms with Crippen LogP contribution in [0.15, 0.2) is 17.5 Å².